The topological polar surface area (TPSA) is 29.5 Å². The van der Waals surface area contributed by atoms with Crippen molar-refractivity contribution in [2.45, 2.75) is 64.5 Å². The smallest absolute Gasteiger partial charge is 0.235 e. The Labute approximate surface area is 126 Å². The highest BCUT2D eigenvalue weighted by Crippen LogP contribution is 2.29. The van der Waals surface area contributed by atoms with E-state index >= 15 is 0 Å². The van der Waals surface area contributed by atoms with Crippen LogP contribution in [0.25, 0.3) is 0 Å². The fourth-order valence-electron chi connectivity index (χ4n) is 2.39. The van der Waals surface area contributed by atoms with E-state index in [4.69, 9.17) is 4.43 Å². The van der Waals surface area contributed by atoms with Gasteiger partial charge in [-0.1, -0.05) is 58.4 Å². The molecule has 1 atom stereocenters. The molecule has 0 bridgehead atoms. The molecule has 1 aromatic carbocycles. The third-order valence-corrected chi connectivity index (χ3v) is 4.65. The molecule has 0 aliphatic heterocycles. The molecule has 0 fully saturated rings. The minimum atomic E-state index is -0.356. The number of hydrogen-bond donors (Lipinski definition) is 1. The van der Waals surface area contributed by atoms with Gasteiger partial charge in [-0.25, -0.2) is 0 Å². The van der Waals surface area contributed by atoms with Crippen molar-refractivity contribution in [3.8, 4) is 0 Å². The predicted octanol–water partition coefficient (Wildman–Crippen LogP) is 4.31. The van der Waals surface area contributed by atoms with E-state index < -0.39 is 0 Å². The summed E-state index contributed by atoms with van der Waals surface area (Å²) in [5.41, 5.74) is 2.26. The van der Waals surface area contributed by atoms with E-state index in [0.29, 0.717) is 9.76 Å². The zero-order valence-electron chi connectivity index (χ0n) is 13.3. The van der Waals surface area contributed by atoms with E-state index in [0.717, 1.165) is 25.0 Å². The van der Waals surface area contributed by atoms with Crippen LogP contribution in [0.5, 0.6) is 0 Å². The van der Waals surface area contributed by atoms with E-state index in [-0.39, 0.29) is 11.1 Å². The summed E-state index contributed by atoms with van der Waals surface area (Å²) in [6.07, 6.45) is 3.68. The molecule has 1 N–H and O–H groups in total. The molecular weight excluding hydrogens is 264 g/mol. The van der Waals surface area contributed by atoms with Crippen LogP contribution in [0.4, 0.5) is 0 Å². The van der Waals surface area contributed by atoms with Crippen LogP contribution in [0, 0.1) is 0 Å². The first kappa shape index (κ1) is 17.4. The van der Waals surface area contributed by atoms with Gasteiger partial charge >= 0.3 is 0 Å². The van der Waals surface area contributed by atoms with Crippen LogP contribution in [0.15, 0.2) is 24.3 Å². The first-order chi connectivity index (χ1) is 9.50. The highest BCUT2D eigenvalue weighted by Gasteiger charge is 2.19. The van der Waals surface area contributed by atoms with Crippen molar-refractivity contribution in [3.05, 3.63) is 35.4 Å². The van der Waals surface area contributed by atoms with Crippen molar-refractivity contribution in [2.75, 3.05) is 6.61 Å². The third kappa shape index (κ3) is 5.78. The number of aliphatic hydroxyl groups excluding tert-OH is 1. The van der Waals surface area contributed by atoms with Crippen molar-refractivity contribution in [3.63, 3.8) is 0 Å². The van der Waals surface area contributed by atoms with E-state index in [9.17, 15) is 5.11 Å². The van der Waals surface area contributed by atoms with Gasteiger partial charge in [0.1, 0.15) is 0 Å². The molecule has 2 nitrogen and oxygen atoms in total. The lowest BCUT2D eigenvalue weighted by Crippen LogP contribution is -2.17. The Hall–Kier alpha value is -0.643. The summed E-state index contributed by atoms with van der Waals surface area (Å²) >= 11 is 0. The summed E-state index contributed by atoms with van der Waals surface area (Å²) in [6.45, 7) is 9.49. The number of hydrogen-bond acceptors (Lipinski definition) is 2. The number of rotatable bonds is 9. The molecule has 0 saturated carbocycles. The molecule has 0 spiro atoms. The van der Waals surface area contributed by atoms with Crippen LogP contribution in [0.1, 0.15) is 64.2 Å². The fourth-order valence-corrected chi connectivity index (χ4v) is 3.34. The van der Waals surface area contributed by atoms with Crippen molar-refractivity contribution in [2.24, 2.45) is 0 Å². The summed E-state index contributed by atoms with van der Waals surface area (Å²) in [4.78, 5) is 0. The lowest BCUT2D eigenvalue weighted by Gasteiger charge is -2.22. The van der Waals surface area contributed by atoms with Crippen molar-refractivity contribution in [1.29, 1.82) is 0 Å². The van der Waals surface area contributed by atoms with E-state index in [1.54, 1.807) is 0 Å². The monoisotopic (exact) mass is 292 g/mol. The zero-order valence-corrected chi connectivity index (χ0v) is 14.3. The minimum absolute atomic E-state index is 0.289. The van der Waals surface area contributed by atoms with Crippen LogP contribution < -0.4 is 0 Å². The first-order valence-corrected chi connectivity index (χ1v) is 8.55. The molecule has 0 aliphatic carbocycles. The molecule has 1 aromatic rings. The van der Waals surface area contributed by atoms with E-state index in [2.05, 4.69) is 26.8 Å². The van der Waals surface area contributed by atoms with Crippen LogP contribution in [0.2, 0.25) is 5.04 Å². The average Bonchev–Trinajstić information content (AvgIpc) is 2.43. The molecule has 112 valence electrons. The Bertz CT molecular complexity index is 390. The van der Waals surface area contributed by atoms with Crippen molar-refractivity contribution in [1.82, 2.24) is 0 Å². The van der Waals surface area contributed by atoms with Crippen LogP contribution in [-0.4, -0.2) is 21.5 Å². The number of benzene rings is 1. The Balaban J connectivity index is 2.46. The summed E-state index contributed by atoms with van der Waals surface area (Å²) in [7, 11) is 0.547. The molecule has 0 amide bonds. The maximum absolute atomic E-state index is 10.0. The van der Waals surface area contributed by atoms with E-state index in [1.165, 1.54) is 18.4 Å². The maximum atomic E-state index is 10.0. The van der Waals surface area contributed by atoms with Gasteiger partial charge in [0.15, 0.2) is 0 Å². The largest absolute Gasteiger partial charge is 0.417 e. The lowest BCUT2D eigenvalue weighted by molar-refractivity contribution is 0.172. The predicted molar refractivity (Wildman–Crippen MR) is 86.1 cm³/mol. The molecule has 20 heavy (non-hydrogen) atoms. The second-order valence-corrected chi connectivity index (χ2v) is 7.80. The third-order valence-electron chi connectivity index (χ3n) is 3.50. The maximum Gasteiger partial charge on any atom is 0.235 e. The van der Waals surface area contributed by atoms with Crippen LogP contribution in [-0.2, 0) is 10.8 Å². The Morgan fingerprint density at radius 3 is 2.60 bits per heavy atom. The molecule has 0 saturated heterocycles. The Kier molecular flexibility index (Phi) is 7.49. The standard InChI is InChI=1S/C17H28O2Si/c1-5-12-17(3,4)20-19-13-11-14-9-7-8-10-15(14)16(18)6-2/h7-10,16,18H,5-6,11-13H2,1-4H3. The molecule has 0 heterocycles. The quantitative estimate of drug-likeness (QED) is 0.543. The highest BCUT2D eigenvalue weighted by molar-refractivity contribution is 6.31. The minimum Gasteiger partial charge on any atom is -0.417 e. The SMILES string of the molecule is CCCC(C)(C)[Si]OCCc1ccccc1C(O)CC. The van der Waals surface area contributed by atoms with Gasteiger partial charge in [-0.15, -0.1) is 0 Å². The van der Waals surface area contributed by atoms with Gasteiger partial charge in [0.2, 0.25) is 9.76 Å². The highest BCUT2D eigenvalue weighted by atomic mass is 28.2. The first-order valence-electron chi connectivity index (χ1n) is 7.65. The van der Waals surface area contributed by atoms with Gasteiger partial charge in [-0.3, -0.25) is 0 Å². The molecule has 1 rings (SSSR count). The molecule has 1 unspecified atom stereocenters. The van der Waals surface area contributed by atoms with Gasteiger partial charge in [0.05, 0.1) is 6.10 Å². The molecule has 0 aliphatic rings. The summed E-state index contributed by atoms with van der Waals surface area (Å²) < 4.78 is 5.87. The second kappa shape index (κ2) is 8.60. The fraction of sp³-hybridized carbons (Fsp3) is 0.647. The van der Waals surface area contributed by atoms with Gasteiger partial charge in [-0.2, -0.15) is 0 Å². The average molecular weight is 292 g/mol. The molecule has 0 aromatic heterocycles. The van der Waals surface area contributed by atoms with Crippen molar-refractivity contribution < 1.29 is 9.53 Å². The van der Waals surface area contributed by atoms with Crippen molar-refractivity contribution >= 4 is 9.76 Å². The number of aliphatic hydroxyl groups is 1. The molecular formula is C17H28O2Si. The van der Waals surface area contributed by atoms with Gasteiger partial charge in [-0.05, 0) is 35.4 Å². The summed E-state index contributed by atoms with van der Waals surface area (Å²) in [6, 6.07) is 8.14. The van der Waals surface area contributed by atoms with Crippen LogP contribution in [0.3, 0.4) is 0 Å². The van der Waals surface area contributed by atoms with Gasteiger partial charge in [0.25, 0.3) is 0 Å². The second-order valence-electron chi connectivity index (χ2n) is 5.96. The lowest BCUT2D eigenvalue weighted by atomic mass is 9.99. The van der Waals surface area contributed by atoms with E-state index in [1.807, 2.05) is 25.1 Å². The Morgan fingerprint density at radius 2 is 1.95 bits per heavy atom. The van der Waals surface area contributed by atoms with Gasteiger partial charge < -0.3 is 9.53 Å². The molecule has 3 heteroatoms. The zero-order chi connectivity index (χ0) is 15.0. The summed E-state index contributed by atoms with van der Waals surface area (Å²) in [5, 5.41) is 10.3. The normalized spacial score (nSPS) is 13.4. The summed E-state index contributed by atoms with van der Waals surface area (Å²) in [5.74, 6) is 0. The Morgan fingerprint density at radius 1 is 1.25 bits per heavy atom. The van der Waals surface area contributed by atoms with Gasteiger partial charge in [0, 0.05) is 6.61 Å². The van der Waals surface area contributed by atoms with Crippen LogP contribution >= 0.6 is 0 Å². The molecule has 2 radical (unpaired) electrons.